The molecule has 0 aromatic rings. The molecule has 5 unspecified atom stereocenters. The van der Waals surface area contributed by atoms with E-state index in [1.807, 2.05) is 0 Å². The summed E-state index contributed by atoms with van der Waals surface area (Å²) in [6, 6.07) is 0. The highest BCUT2D eigenvalue weighted by Gasteiger charge is 2.29. The van der Waals surface area contributed by atoms with E-state index in [0.717, 1.165) is 180 Å². The van der Waals surface area contributed by atoms with E-state index >= 15 is 0 Å². The number of hydrogen-bond acceptors (Lipinski definition) is 14. The summed E-state index contributed by atoms with van der Waals surface area (Å²) in [5, 5.41) is 20.7. The first-order valence-corrected chi connectivity index (χ1v) is 46.4. The van der Waals surface area contributed by atoms with Crippen molar-refractivity contribution in [3.63, 3.8) is 0 Å². The minimum absolute atomic E-state index is 0.0810. The van der Waals surface area contributed by atoms with Gasteiger partial charge in [-0.05, 0) is 154 Å². The van der Waals surface area contributed by atoms with Crippen LogP contribution in [-0.4, -0.2) is 95.9 Å². The molecule has 0 heterocycles. The molecule has 0 spiro atoms. The van der Waals surface area contributed by atoms with E-state index in [9.17, 15) is 43.5 Å². The number of allylic oxidation sites excluding steroid dienone is 28. The number of aliphatic hydroxyl groups excluding tert-OH is 2. The molecule has 18 heteroatoms. The predicted molar refractivity (Wildman–Crippen MR) is 463 cm³/mol. The van der Waals surface area contributed by atoms with Crippen LogP contribution >= 0.6 is 15.6 Å². The van der Waals surface area contributed by atoms with Crippen molar-refractivity contribution >= 4 is 33.6 Å². The SMILES string of the molecule is CC/C=C\C/C=C\C/C=C\C/C=C\C/C=C\C/C=C\CCCCCCCCCCCCCCCCCCC(=O)OCC(O)COP(=O)(O)OCC(O)COP(=O)(O)OCC(COC(=O)CCCCCCC/C=C\C/C=C\C/C=C\C/C=C\C/C=C\CC)OC(=O)CCCCCCCC/C=C\C/C=C\C/C=C\CCCCC. The fraction of sp³-hybridized carbons (Fsp3) is 0.667. The van der Waals surface area contributed by atoms with Gasteiger partial charge in [0.25, 0.3) is 0 Å². The van der Waals surface area contributed by atoms with Gasteiger partial charge >= 0.3 is 33.6 Å². The van der Waals surface area contributed by atoms with Gasteiger partial charge < -0.3 is 34.2 Å². The van der Waals surface area contributed by atoms with Crippen molar-refractivity contribution in [1.29, 1.82) is 0 Å². The lowest BCUT2D eigenvalue weighted by atomic mass is 10.0. The molecule has 16 nitrogen and oxygen atoms in total. The summed E-state index contributed by atoms with van der Waals surface area (Å²) in [6.45, 7) is 2.41. The minimum Gasteiger partial charge on any atom is -0.463 e. The zero-order valence-electron chi connectivity index (χ0n) is 69.6. The summed E-state index contributed by atoms with van der Waals surface area (Å²) in [7, 11) is -9.82. The van der Waals surface area contributed by atoms with Crippen molar-refractivity contribution < 1.29 is 75.8 Å². The third kappa shape index (κ3) is 85.6. The van der Waals surface area contributed by atoms with Crippen molar-refractivity contribution in [3.8, 4) is 0 Å². The Morgan fingerprint density at radius 3 is 0.757 bits per heavy atom. The molecule has 0 saturated carbocycles. The normalized spacial score (nSPS) is 14.7. The number of hydrogen-bond donors (Lipinski definition) is 4. The first-order chi connectivity index (χ1) is 54.2. The Morgan fingerprint density at radius 1 is 0.261 bits per heavy atom. The maximum atomic E-state index is 13.0. The van der Waals surface area contributed by atoms with Crippen LogP contribution in [0, 0.1) is 0 Å². The number of carbonyl (C=O) groups is 3. The number of rotatable bonds is 81. The van der Waals surface area contributed by atoms with Gasteiger partial charge in [0, 0.05) is 19.3 Å². The Labute approximate surface area is 675 Å². The molecule has 0 bridgehead atoms. The second-order valence-electron chi connectivity index (χ2n) is 28.6. The highest BCUT2D eigenvalue weighted by Crippen LogP contribution is 2.45. The van der Waals surface area contributed by atoms with Crippen LogP contribution in [0.2, 0.25) is 0 Å². The summed E-state index contributed by atoms with van der Waals surface area (Å²) in [6.07, 6.45) is 108. The molecule has 0 rings (SSSR count). The molecular weight excluding hydrogens is 1430 g/mol. The van der Waals surface area contributed by atoms with E-state index in [0.29, 0.717) is 19.3 Å². The largest absolute Gasteiger partial charge is 0.472 e. The van der Waals surface area contributed by atoms with Gasteiger partial charge in [-0.15, -0.1) is 0 Å². The monoisotopic (exact) mass is 1590 g/mol. The number of carbonyl (C=O) groups excluding carboxylic acids is 3. The third-order valence-electron chi connectivity index (χ3n) is 17.9. The van der Waals surface area contributed by atoms with E-state index in [4.69, 9.17) is 32.3 Å². The van der Waals surface area contributed by atoms with Gasteiger partial charge in [0.15, 0.2) is 6.10 Å². The number of ether oxygens (including phenoxy) is 3. The molecule has 0 fully saturated rings. The first kappa shape index (κ1) is 106. The number of unbranched alkanes of at least 4 members (excludes halogenated alkanes) is 30. The van der Waals surface area contributed by atoms with E-state index in [-0.39, 0.29) is 19.3 Å². The fourth-order valence-electron chi connectivity index (χ4n) is 11.4. The van der Waals surface area contributed by atoms with Crippen LogP contribution in [0.4, 0.5) is 0 Å². The quantitative estimate of drug-likeness (QED) is 0.0146. The van der Waals surface area contributed by atoms with E-state index < -0.39 is 91.5 Å². The maximum absolute atomic E-state index is 13.0. The van der Waals surface area contributed by atoms with Crippen molar-refractivity contribution in [2.24, 2.45) is 0 Å². The number of esters is 3. The molecule has 4 N–H and O–H groups in total. The third-order valence-corrected chi connectivity index (χ3v) is 19.8. The Kier molecular flexibility index (Phi) is 80.4. The van der Waals surface area contributed by atoms with Crippen LogP contribution in [0.3, 0.4) is 0 Å². The van der Waals surface area contributed by atoms with Crippen molar-refractivity contribution in [1.82, 2.24) is 0 Å². The maximum Gasteiger partial charge on any atom is 0.472 e. The van der Waals surface area contributed by atoms with Crippen molar-refractivity contribution in [2.75, 3.05) is 39.6 Å². The molecule has 0 aliphatic rings. The summed E-state index contributed by atoms with van der Waals surface area (Å²) in [5.74, 6) is -1.61. The van der Waals surface area contributed by atoms with E-state index in [1.165, 1.54) is 103 Å². The molecule has 0 saturated heterocycles. The molecule has 0 amide bonds. The second kappa shape index (κ2) is 84.3. The average Bonchev–Trinajstić information content (AvgIpc) is 0.901. The van der Waals surface area contributed by atoms with Crippen LogP contribution < -0.4 is 0 Å². The molecule has 111 heavy (non-hydrogen) atoms. The lowest BCUT2D eigenvalue weighted by Crippen LogP contribution is -2.30. The van der Waals surface area contributed by atoms with Crippen LogP contribution in [-0.2, 0) is 55.8 Å². The number of phosphoric acid groups is 2. The Morgan fingerprint density at radius 2 is 0.477 bits per heavy atom. The molecule has 0 radical (unpaired) electrons. The summed E-state index contributed by atoms with van der Waals surface area (Å²) in [4.78, 5) is 58.8. The molecule has 0 aromatic carbocycles. The van der Waals surface area contributed by atoms with Crippen LogP contribution in [0.1, 0.15) is 342 Å². The van der Waals surface area contributed by atoms with Gasteiger partial charge in [0.05, 0.1) is 26.4 Å². The van der Waals surface area contributed by atoms with Gasteiger partial charge in [-0.3, -0.25) is 32.5 Å². The van der Waals surface area contributed by atoms with E-state index in [2.05, 4.69) is 191 Å². The van der Waals surface area contributed by atoms with E-state index in [1.54, 1.807) is 0 Å². The first-order valence-electron chi connectivity index (χ1n) is 43.4. The predicted octanol–water partition coefficient (Wildman–Crippen LogP) is 26.3. The lowest BCUT2D eigenvalue weighted by Gasteiger charge is -2.21. The molecule has 0 aliphatic carbocycles. The molecule has 5 atom stereocenters. The van der Waals surface area contributed by atoms with Gasteiger partial charge in [-0.2, -0.15) is 0 Å². The van der Waals surface area contributed by atoms with Gasteiger partial charge in [-0.1, -0.05) is 339 Å². The molecule has 0 aromatic heterocycles. The van der Waals surface area contributed by atoms with Crippen molar-refractivity contribution in [3.05, 3.63) is 170 Å². The number of aliphatic hydroxyl groups is 2. The Balaban J connectivity index is 4.52. The average molecular weight is 1590 g/mol. The van der Waals surface area contributed by atoms with Crippen LogP contribution in [0.5, 0.6) is 0 Å². The number of phosphoric ester groups is 2. The van der Waals surface area contributed by atoms with Gasteiger partial charge in [0.1, 0.15) is 25.4 Å². The summed E-state index contributed by atoms with van der Waals surface area (Å²) < 4.78 is 61.3. The molecular formula is C93H156O16P2. The molecule has 0 aliphatic heterocycles. The highest BCUT2D eigenvalue weighted by atomic mass is 31.2. The minimum atomic E-state index is -4.95. The fourth-order valence-corrected chi connectivity index (χ4v) is 13.0. The van der Waals surface area contributed by atoms with Gasteiger partial charge in [0.2, 0.25) is 0 Å². The van der Waals surface area contributed by atoms with Crippen LogP contribution in [0.15, 0.2) is 170 Å². The van der Waals surface area contributed by atoms with Gasteiger partial charge in [-0.25, -0.2) is 9.13 Å². The van der Waals surface area contributed by atoms with Crippen molar-refractivity contribution in [2.45, 2.75) is 360 Å². The topological polar surface area (TPSA) is 231 Å². The lowest BCUT2D eigenvalue weighted by molar-refractivity contribution is -0.161. The zero-order valence-corrected chi connectivity index (χ0v) is 71.4. The zero-order chi connectivity index (χ0) is 80.8. The molecule has 634 valence electrons. The summed E-state index contributed by atoms with van der Waals surface area (Å²) in [5.41, 5.74) is 0. The summed E-state index contributed by atoms with van der Waals surface area (Å²) >= 11 is 0. The Bertz CT molecular complexity index is 2700. The standard InChI is InChI=1S/C93H156O16P2/c1-4-7-10-13-16-19-22-25-28-31-34-36-37-38-39-40-41-42-43-44-45-46-47-48-49-51-54-55-58-61-64-67-70-73-76-79-91(96)103-82-88(94)83-105-110(99,100)106-84-89(95)85-107-111(101,102)108-87-90(109-93(98)81-78-75-72-69-66-63-60-57-52-33-30-27-24-21-18-15-12-9-6-3)86-104-92(97)80-77-74-71-68-65-62-59-56-53-50-35-32-29-26-23-20-17-14-11-8-5-2/h7-8,10-11,16-21,25-30,34-36,38-39,41-42,50,52,56-57,59,88-90,94-95H,4-6,9,12-15,22-24,31-33,37,40,43-49,51,53-55,58,60-87H2,1-3H3,(H,99,100)(H,101,102)/b10-7-,11-8-,19-16-,20-17-,21-18-,28-25-,29-26-,30-27-,36-34-,39-38-,42-41-,50-35-,57-52-,59-56-. The Hall–Kier alpha value is -5.09. The van der Waals surface area contributed by atoms with Crippen LogP contribution in [0.25, 0.3) is 0 Å². The highest BCUT2D eigenvalue weighted by molar-refractivity contribution is 7.47. The second-order valence-corrected chi connectivity index (χ2v) is 31.5. The smallest absolute Gasteiger partial charge is 0.463 e.